The number of hydrogen-bond acceptors (Lipinski definition) is 5. The molecular weight excluding hydrogens is 286 g/mol. The molecule has 6 nitrogen and oxygen atoms in total. The molecule has 0 N–H and O–H groups in total. The first-order chi connectivity index (χ1) is 10.6. The molecule has 1 saturated carbocycles. The Balaban J connectivity index is 1.83. The summed E-state index contributed by atoms with van der Waals surface area (Å²) in [6.07, 6.45) is 5.08. The molecule has 1 aliphatic carbocycles. The van der Waals surface area contributed by atoms with Crippen molar-refractivity contribution < 1.29 is 23.8 Å². The zero-order valence-electron chi connectivity index (χ0n) is 13.0. The van der Waals surface area contributed by atoms with Gasteiger partial charge in [-0.25, -0.2) is 0 Å². The molecule has 1 amide bonds. The summed E-state index contributed by atoms with van der Waals surface area (Å²) in [6.45, 7) is 1.62. The largest absolute Gasteiger partial charge is 0.469 e. The van der Waals surface area contributed by atoms with E-state index in [1.54, 1.807) is 0 Å². The van der Waals surface area contributed by atoms with Gasteiger partial charge in [0.15, 0.2) is 5.79 Å². The first-order valence-electron chi connectivity index (χ1n) is 8.30. The van der Waals surface area contributed by atoms with Crippen LogP contribution in [0.25, 0.3) is 0 Å². The Morgan fingerprint density at radius 3 is 2.77 bits per heavy atom. The highest BCUT2D eigenvalue weighted by Crippen LogP contribution is 2.57. The minimum absolute atomic E-state index is 0.175. The molecule has 1 unspecified atom stereocenters. The summed E-state index contributed by atoms with van der Waals surface area (Å²) in [6, 6.07) is 0. The van der Waals surface area contributed by atoms with Crippen molar-refractivity contribution in [3.63, 3.8) is 0 Å². The number of rotatable bonds is 1. The highest BCUT2D eigenvalue weighted by atomic mass is 16.7. The minimum atomic E-state index is -0.899. The van der Waals surface area contributed by atoms with Gasteiger partial charge in [-0.2, -0.15) is 0 Å². The lowest BCUT2D eigenvalue weighted by atomic mass is 9.61. The van der Waals surface area contributed by atoms with Crippen molar-refractivity contribution >= 4 is 11.9 Å². The molecule has 122 valence electrons. The van der Waals surface area contributed by atoms with Gasteiger partial charge in [0.25, 0.3) is 0 Å². The SMILES string of the molecule is COC(=O)[C@@H]1C2(CCN3C(=O)C[C@@H]4CCCCC413)OCCO2. The summed E-state index contributed by atoms with van der Waals surface area (Å²) in [5, 5.41) is 0. The molecule has 4 rings (SSSR count). The van der Waals surface area contributed by atoms with Crippen molar-refractivity contribution in [1.82, 2.24) is 4.90 Å². The van der Waals surface area contributed by atoms with Crippen LogP contribution in [0.1, 0.15) is 38.5 Å². The van der Waals surface area contributed by atoms with Gasteiger partial charge in [0.05, 0.1) is 25.9 Å². The topological polar surface area (TPSA) is 65.1 Å². The smallest absolute Gasteiger partial charge is 0.316 e. The summed E-state index contributed by atoms with van der Waals surface area (Å²) < 4.78 is 17.0. The normalized spacial score (nSPS) is 39.7. The molecule has 0 bridgehead atoms. The molecule has 22 heavy (non-hydrogen) atoms. The number of ether oxygens (including phenoxy) is 3. The van der Waals surface area contributed by atoms with Gasteiger partial charge in [-0.1, -0.05) is 12.8 Å². The maximum atomic E-state index is 12.7. The second-order valence-electron chi connectivity index (χ2n) is 6.90. The van der Waals surface area contributed by atoms with Gasteiger partial charge in [0.1, 0.15) is 5.92 Å². The number of methoxy groups -OCH3 is 1. The van der Waals surface area contributed by atoms with E-state index < -0.39 is 17.2 Å². The van der Waals surface area contributed by atoms with E-state index in [-0.39, 0.29) is 17.8 Å². The van der Waals surface area contributed by atoms with E-state index in [2.05, 4.69) is 0 Å². The maximum Gasteiger partial charge on any atom is 0.316 e. The van der Waals surface area contributed by atoms with Crippen LogP contribution >= 0.6 is 0 Å². The van der Waals surface area contributed by atoms with Gasteiger partial charge in [-0.05, 0) is 18.8 Å². The Morgan fingerprint density at radius 2 is 2.05 bits per heavy atom. The van der Waals surface area contributed by atoms with Gasteiger partial charge < -0.3 is 19.1 Å². The average Bonchev–Trinajstić information content (AvgIpc) is 3.09. The Kier molecular flexibility index (Phi) is 3.24. The fourth-order valence-corrected chi connectivity index (χ4v) is 5.38. The summed E-state index contributed by atoms with van der Waals surface area (Å²) in [7, 11) is 1.41. The first kappa shape index (κ1) is 14.5. The van der Waals surface area contributed by atoms with E-state index in [9.17, 15) is 9.59 Å². The fourth-order valence-electron chi connectivity index (χ4n) is 5.38. The predicted molar refractivity (Wildman–Crippen MR) is 75.8 cm³/mol. The molecule has 0 aromatic heterocycles. The van der Waals surface area contributed by atoms with Crippen molar-refractivity contribution in [2.45, 2.75) is 49.9 Å². The lowest BCUT2D eigenvalue weighted by Gasteiger charge is -2.56. The van der Waals surface area contributed by atoms with E-state index in [4.69, 9.17) is 14.2 Å². The third-order valence-electron chi connectivity index (χ3n) is 6.15. The quantitative estimate of drug-likeness (QED) is 0.678. The van der Waals surface area contributed by atoms with E-state index in [0.29, 0.717) is 32.6 Å². The lowest BCUT2D eigenvalue weighted by molar-refractivity contribution is -0.259. The van der Waals surface area contributed by atoms with Gasteiger partial charge in [-0.15, -0.1) is 0 Å². The molecule has 3 heterocycles. The molecule has 3 saturated heterocycles. The van der Waals surface area contributed by atoms with Crippen LogP contribution < -0.4 is 0 Å². The van der Waals surface area contributed by atoms with Gasteiger partial charge >= 0.3 is 5.97 Å². The molecule has 0 aromatic carbocycles. The number of carbonyl (C=O) groups excluding carboxylic acids is 2. The predicted octanol–water partition coefficient (Wildman–Crippen LogP) is 1.08. The first-order valence-corrected chi connectivity index (χ1v) is 8.30. The lowest BCUT2D eigenvalue weighted by Crippen LogP contribution is -2.69. The van der Waals surface area contributed by atoms with Gasteiger partial charge in [-0.3, -0.25) is 9.59 Å². The molecule has 4 aliphatic rings. The third kappa shape index (κ3) is 1.68. The average molecular weight is 309 g/mol. The summed E-state index contributed by atoms with van der Waals surface area (Å²) in [5.41, 5.74) is -0.467. The number of hydrogen-bond donors (Lipinski definition) is 0. The van der Waals surface area contributed by atoms with Crippen molar-refractivity contribution in [3.8, 4) is 0 Å². The van der Waals surface area contributed by atoms with E-state index >= 15 is 0 Å². The standard InChI is InChI=1S/C16H23NO5/c1-20-14(19)13-15-5-3-2-4-11(15)10-12(18)17(15)7-6-16(13)21-8-9-22-16/h11,13H,2-10H2,1H3/t11-,13-,15?/m0/s1. The van der Waals surface area contributed by atoms with Crippen LogP contribution in [0.3, 0.4) is 0 Å². The Morgan fingerprint density at radius 1 is 1.27 bits per heavy atom. The van der Waals surface area contributed by atoms with Crippen molar-refractivity contribution in [3.05, 3.63) is 0 Å². The second kappa shape index (κ2) is 4.93. The van der Waals surface area contributed by atoms with Crippen molar-refractivity contribution in [2.24, 2.45) is 11.8 Å². The Labute approximate surface area is 130 Å². The minimum Gasteiger partial charge on any atom is -0.469 e. The molecule has 0 aromatic rings. The van der Waals surface area contributed by atoms with Crippen molar-refractivity contribution in [2.75, 3.05) is 26.9 Å². The number of esters is 1. The van der Waals surface area contributed by atoms with Gasteiger partial charge in [0.2, 0.25) is 5.91 Å². The van der Waals surface area contributed by atoms with Crippen LogP contribution in [0.15, 0.2) is 0 Å². The summed E-state index contributed by atoms with van der Waals surface area (Å²) in [4.78, 5) is 27.2. The number of piperidine rings is 1. The third-order valence-corrected chi connectivity index (χ3v) is 6.15. The number of amides is 1. The van der Waals surface area contributed by atoms with Crippen LogP contribution in [0.5, 0.6) is 0 Å². The van der Waals surface area contributed by atoms with E-state index in [1.807, 2.05) is 4.90 Å². The molecular formula is C16H23NO5. The van der Waals surface area contributed by atoms with E-state index in [1.165, 1.54) is 7.11 Å². The fraction of sp³-hybridized carbons (Fsp3) is 0.875. The number of carbonyl (C=O) groups is 2. The zero-order chi connectivity index (χ0) is 15.4. The molecule has 3 aliphatic heterocycles. The second-order valence-corrected chi connectivity index (χ2v) is 6.90. The van der Waals surface area contributed by atoms with Crippen LogP contribution in [0.2, 0.25) is 0 Å². The maximum absolute atomic E-state index is 12.7. The molecule has 4 fully saturated rings. The Bertz CT molecular complexity index is 501. The van der Waals surface area contributed by atoms with Crippen LogP contribution in [0.4, 0.5) is 0 Å². The highest BCUT2D eigenvalue weighted by Gasteiger charge is 2.69. The monoisotopic (exact) mass is 309 g/mol. The number of nitrogens with zero attached hydrogens (tertiary/aromatic N) is 1. The van der Waals surface area contributed by atoms with Gasteiger partial charge in [0, 0.05) is 19.4 Å². The highest BCUT2D eigenvalue weighted by molar-refractivity contribution is 5.84. The molecule has 6 heteroatoms. The van der Waals surface area contributed by atoms with E-state index in [0.717, 1.165) is 25.7 Å². The molecule has 3 atom stereocenters. The van der Waals surface area contributed by atoms with Crippen LogP contribution in [0, 0.1) is 11.8 Å². The molecule has 2 spiro atoms. The van der Waals surface area contributed by atoms with Crippen molar-refractivity contribution in [1.29, 1.82) is 0 Å². The van der Waals surface area contributed by atoms with Crippen LogP contribution in [-0.4, -0.2) is 55.0 Å². The zero-order valence-corrected chi connectivity index (χ0v) is 13.0. The van der Waals surface area contributed by atoms with Crippen LogP contribution in [-0.2, 0) is 23.8 Å². The summed E-state index contributed by atoms with van der Waals surface area (Å²) >= 11 is 0. The summed E-state index contributed by atoms with van der Waals surface area (Å²) in [5.74, 6) is -1.34. The Hall–Kier alpha value is -1.14. The molecule has 0 radical (unpaired) electrons.